The first-order valence-electron chi connectivity index (χ1n) is 9.99. The van der Waals surface area contributed by atoms with Gasteiger partial charge in [-0.1, -0.05) is 71.4 Å². The molecule has 0 bridgehead atoms. The van der Waals surface area contributed by atoms with E-state index in [9.17, 15) is 0 Å². The van der Waals surface area contributed by atoms with Gasteiger partial charge in [0.15, 0.2) is 11.5 Å². The van der Waals surface area contributed by atoms with E-state index in [0.717, 1.165) is 16.9 Å². The number of hydrogen-bond donors (Lipinski definition) is 0. The molecule has 5 nitrogen and oxygen atoms in total. The molecule has 158 valence electrons. The minimum absolute atomic E-state index is 0.454. The predicted molar refractivity (Wildman–Crippen MR) is 123 cm³/mol. The van der Waals surface area contributed by atoms with Gasteiger partial charge in [0.1, 0.15) is 6.61 Å². The molecule has 4 rings (SSSR count). The molecule has 6 heteroatoms. The standard InChI is InChI=1S/C25H24N2O3S/c1-17-4-8-19(9-5-17)15-29-22-13-12-21(14-23(22)28-3)24-26-27-25(30-24)31-16-20-10-6-18(2)7-11-20/h4-14H,15-16H2,1-3H3. The van der Waals surface area contributed by atoms with Crippen molar-refractivity contribution in [2.24, 2.45) is 0 Å². The van der Waals surface area contributed by atoms with E-state index < -0.39 is 0 Å². The van der Waals surface area contributed by atoms with Crippen LogP contribution in [0.3, 0.4) is 0 Å². The van der Waals surface area contributed by atoms with E-state index in [1.165, 1.54) is 28.5 Å². The summed E-state index contributed by atoms with van der Waals surface area (Å²) in [6.45, 7) is 4.61. The Bertz CT molecular complexity index is 1140. The normalized spacial score (nSPS) is 10.8. The van der Waals surface area contributed by atoms with E-state index in [4.69, 9.17) is 13.9 Å². The minimum atomic E-state index is 0.454. The predicted octanol–water partition coefficient (Wildman–Crippen LogP) is 6.23. The first-order valence-corrected chi connectivity index (χ1v) is 11.0. The highest BCUT2D eigenvalue weighted by Gasteiger charge is 2.13. The first-order chi connectivity index (χ1) is 15.1. The summed E-state index contributed by atoms with van der Waals surface area (Å²) in [5.41, 5.74) is 5.57. The number of benzene rings is 3. The Hall–Kier alpha value is -3.25. The van der Waals surface area contributed by atoms with Gasteiger partial charge in [-0.3, -0.25) is 0 Å². The molecule has 0 radical (unpaired) electrons. The third kappa shape index (κ3) is 5.47. The number of rotatable bonds is 8. The highest BCUT2D eigenvalue weighted by atomic mass is 32.2. The van der Waals surface area contributed by atoms with Gasteiger partial charge in [0, 0.05) is 11.3 Å². The summed E-state index contributed by atoms with van der Waals surface area (Å²) in [7, 11) is 1.62. The van der Waals surface area contributed by atoms with Crippen molar-refractivity contribution >= 4 is 11.8 Å². The van der Waals surface area contributed by atoms with Crippen LogP contribution in [0.5, 0.6) is 11.5 Å². The lowest BCUT2D eigenvalue weighted by Crippen LogP contribution is -1.98. The molecule has 0 fully saturated rings. The lowest BCUT2D eigenvalue weighted by molar-refractivity contribution is 0.284. The Morgan fingerprint density at radius 1 is 0.806 bits per heavy atom. The Kier molecular flexibility index (Phi) is 6.57. The van der Waals surface area contributed by atoms with Crippen molar-refractivity contribution in [2.75, 3.05) is 7.11 Å². The molecule has 0 aliphatic heterocycles. The maximum atomic E-state index is 5.95. The Balaban J connectivity index is 1.42. The van der Waals surface area contributed by atoms with E-state index in [1.54, 1.807) is 7.11 Å². The van der Waals surface area contributed by atoms with Crippen LogP contribution in [0, 0.1) is 13.8 Å². The quantitative estimate of drug-likeness (QED) is 0.308. The molecular formula is C25H24N2O3S. The maximum Gasteiger partial charge on any atom is 0.277 e. The Morgan fingerprint density at radius 3 is 2.16 bits per heavy atom. The van der Waals surface area contributed by atoms with E-state index in [1.807, 2.05) is 18.2 Å². The fourth-order valence-electron chi connectivity index (χ4n) is 2.98. The second kappa shape index (κ2) is 9.71. The third-order valence-electron chi connectivity index (χ3n) is 4.81. The summed E-state index contributed by atoms with van der Waals surface area (Å²) in [4.78, 5) is 0. The molecule has 4 aromatic rings. The fraction of sp³-hybridized carbons (Fsp3) is 0.200. The molecule has 0 spiro atoms. The lowest BCUT2D eigenvalue weighted by atomic mass is 10.1. The molecule has 0 atom stereocenters. The van der Waals surface area contributed by atoms with Gasteiger partial charge >= 0.3 is 0 Å². The van der Waals surface area contributed by atoms with Crippen molar-refractivity contribution < 1.29 is 13.9 Å². The first kappa shape index (κ1) is 21.0. The zero-order chi connectivity index (χ0) is 21.6. The second-order valence-electron chi connectivity index (χ2n) is 7.29. The van der Waals surface area contributed by atoms with Gasteiger partial charge in [0.25, 0.3) is 5.22 Å². The van der Waals surface area contributed by atoms with Gasteiger partial charge in [0.2, 0.25) is 5.89 Å². The summed E-state index contributed by atoms with van der Waals surface area (Å²) >= 11 is 1.52. The highest BCUT2D eigenvalue weighted by molar-refractivity contribution is 7.98. The monoisotopic (exact) mass is 432 g/mol. The largest absolute Gasteiger partial charge is 0.493 e. The van der Waals surface area contributed by atoms with Gasteiger partial charge in [-0.2, -0.15) is 0 Å². The van der Waals surface area contributed by atoms with Crippen molar-refractivity contribution in [3.8, 4) is 23.0 Å². The van der Waals surface area contributed by atoms with Crippen LogP contribution in [0.25, 0.3) is 11.5 Å². The zero-order valence-corrected chi connectivity index (χ0v) is 18.6. The van der Waals surface area contributed by atoms with Gasteiger partial charge in [-0.25, -0.2) is 0 Å². The summed E-state index contributed by atoms with van der Waals surface area (Å²) in [5.74, 6) is 2.52. The number of methoxy groups -OCH3 is 1. The molecular weight excluding hydrogens is 408 g/mol. The molecule has 3 aromatic carbocycles. The molecule has 0 saturated heterocycles. The molecule has 1 aromatic heterocycles. The van der Waals surface area contributed by atoms with Crippen LogP contribution in [0.15, 0.2) is 76.4 Å². The lowest BCUT2D eigenvalue weighted by Gasteiger charge is -2.11. The third-order valence-corrected chi connectivity index (χ3v) is 5.70. The summed E-state index contributed by atoms with van der Waals surface area (Å²) in [5, 5.41) is 8.88. The van der Waals surface area contributed by atoms with Gasteiger partial charge in [0.05, 0.1) is 7.11 Å². The fourth-order valence-corrected chi connectivity index (χ4v) is 3.70. The summed E-state index contributed by atoms with van der Waals surface area (Å²) < 4.78 is 17.3. The van der Waals surface area contributed by atoms with Crippen molar-refractivity contribution in [2.45, 2.75) is 31.4 Å². The van der Waals surface area contributed by atoms with Crippen LogP contribution >= 0.6 is 11.8 Å². The number of aromatic nitrogens is 2. The highest BCUT2D eigenvalue weighted by Crippen LogP contribution is 2.33. The molecule has 0 amide bonds. The van der Waals surface area contributed by atoms with Crippen LogP contribution in [0.1, 0.15) is 22.3 Å². The van der Waals surface area contributed by atoms with Crippen LogP contribution in [-0.4, -0.2) is 17.3 Å². The summed E-state index contributed by atoms with van der Waals surface area (Å²) in [6, 6.07) is 22.3. The van der Waals surface area contributed by atoms with E-state index in [-0.39, 0.29) is 0 Å². The van der Waals surface area contributed by atoms with Crippen molar-refractivity contribution in [1.82, 2.24) is 10.2 Å². The molecule has 0 aliphatic rings. The van der Waals surface area contributed by atoms with Gasteiger partial charge in [-0.05, 0) is 43.2 Å². The average Bonchev–Trinajstić information content (AvgIpc) is 3.27. The smallest absolute Gasteiger partial charge is 0.277 e. The van der Waals surface area contributed by atoms with Gasteiger partial charge < -0.3 is 13.9 Å². The molecule has 0 aliphatic carbocycles. The van der Waals surface area contributed by atoms with Crippen molar-refractivity contribution in [1.29, 1.82) is 0 Å². The molecule has 0 unspecified atom stereocenters. The van der Waals surface area contributed by atoms with Crippen LogP contribution in [0.2, 0.25) is 0 Å². The van der Waals surface area contributed by atoms with E-state index in [0.29, 0.717) is 29.2 Å². The van der Waals surface area contributed by atoms with Crippen LogP contribution in [-0.2, 0) is 12.4 Å². The minimum Gasteiger partial charge on any atom is -0.493 e. The van der Waals surface area contributed by atoms with Crippen molar-refractivity contribution in [3.63, 3.8) is 0 Å². The SMILES string of the molecule is COc1cc(-c2nnc(SCc3ccc(C)cc3)o2)ccc1OCc1ccc(C)cc1. The maximum absolute atomic E-state index is 5.95. The molecule has 0 saturated carbocycles. The Labute approximate surface area is 186 Å². The number of thioether (sulfide) groups is 1. The molecule has 1 heterocycles. The Morgan fingerprint density at radius 2 is 1.48 bits per heavy atom. The topological polar surface area (TPSA) is 57.4 Å². The number of hydrogen-bond acceptors (Lipinski definition) is 6. The molecule has 31 heavy (non-hydrogen) atoms. The average molecular weight is 433 g/mol. The number of nitrogens with zero attached hydrogens (tertiary/aromatic N) is 2. The summed E-state index contributed by atoms with van der Waals surface area (Å²) in [6.07, 6.45) is 0. The van der Waals surface area contributed by atoms with E-state index in [2.05, 4.69) is 72.6 Å². The zero-order valence-electron chi connectivity index (χ0n) is 17.8. The van der Waals surface area contributed by atoms with Crippen LogP contribution < -0.4 is 9.47 Å². The molecule has 0 N–H and O–H groups in total. The van der Waals surface area contributed by atoms with Crippen LogP contribution in [0.4, 0.5) is 0 Å². The number of ether oxygens (including phenoxy) is 2. The second-order valence-corrected chi connectivity index (χ2v) is 8.21. The van der Waals surface area contributed by atoms with E-state index >= 15 is 0 Å². The van der Waals surface area contributed by atoms with Crippen molar-refractivity contribution in [3.05, 3.63) is 89.0 Å². The van der Waals surface area contributed by atoms with Gasteiger partial charge in [-0.15, -0.1) is 10.2 Å². The number of aryl methyl sites for hydroxylation is 2.